The van der Waals surface area contributed by atoms with Crippen LogP contribution in [0.5, 0.6) is 0 Å². The average Bonchev–Trinajstić information content (AvgIpc) is 3.52. The molecule has 0 bridgehead atoms. The number of thiophene rings is 1. The van der Waals surface area contributed by atoms with E-state index in [1.807, 2.05) is 12.4 Å². The van der Waals surface area contributed by atoms with E-state index in [1.54, 1.807) is 6.07 Å². The molecule has 3 aromatic heterocycles. The molecule has 2 aliphatic rings. The molecule has 176 valence electrons. The quantitative estimate of drug-likeness (QED) is 0.383. The lowest BCUT2D eigenvalue weighted by atomic mass is 9.65. The highest BCUT2D eigenvalue weighted by molar-refractivity contribution is 7.18. The van der Waals surface area contributed by atoms with Crippen molar-refractivity contribution < 1.29 is 13.2 Å². The second-order valence-corrected chi connectivity index (χ2v) is 10.5. The van der Waals surface area contributed by atoms with Crippen molar-refractivity contribution in [3.05, 3.63) is 53.9 Å². The van der Waals surface area contributed by atoms with Crippen LogP contribution in [-0.4, -0.2) is 45.5 Å². The lowest BCUT2D eigenvalue weighted by molar-refractivity contribution is -0.126. The van der Waals surface area contributed by atoms with Gasteiger partial charge < -0.3 is 10.2 Å². The Morgan fingerprint density at radius 1 is 1.15 bits per heavy atom. The molecule has 6 nitrogen and oxygen atoms in total. The van der Waals surface area contributed by atoms with Gasteiger partial charge in [-0.1, -0.05) is 12.1 Å². The molecule has 1 aromatic carbocycles. The van der Waals surface area contributed by atoms with E-state index in [0.717, 1.165) is 71.7 Å². The van der Waals surface area contributed by atoms with Crippen LogP contribution in [0.4, 0.5) is 24.7 Å². The summed E-state index contributed by atoms with van der Waals surface area (Å²) in [6.07, 6.45) is 3.22. The van der Waals surface area contributed by atoms with Gasteiger partial charge in [-0.2, -0.15) is 18.3 Å². The van der Waals surface area contributed by atoms with E-state index in [1.165, 1.54) is 6.33 Å². The zero-order chi connectivity index (χ0) is 23.3. The highest BCUT2D eigenvalue weighted by Crippen LogP contribution is 2.50. The lowest BCUT2D eigenvalue weighted by Crippen LogP contribution is -2.46. The zero-order valence-corrected chi connectivity index (χ0v) is 19.1. The van der Waals surface area contributed by atoms with E-state index in [-0.39, 0.29) is 10.3 Å². The molecule has 1 spiro atoms. The Kier molecular flexibility index (Phi) is 5.02. The highest BCUT2D eigenvalue weighted by Gasteiger charge is 2.49. The predicted octanol–water partition coefficient (Wildman–Crippen LogP) is 5.66. The Balaban J connectivity index is 1.10. The largest absolute Gasteiger partial charge is 0.393 e. The van der Waals surface area contributed by atoms with E-state index in [4.69, 9.17) is 0 Å². The van der Waals surface area contributed by atoms with Crippen molar-refractivity contribution in [1.82, 2.24) is 20.2 Å². The first-order valence-corrected chi connectivity index (χ1v) is 12.1. The van der Waals surface area contributed by atoms with Crippen LogP contribution in [0.2, 0.25) is 0 Å². The molecule has 34 heavy (non-hydrogen) atoms. The van der Waals surface area contributed by atoms with Gasteiger partial charge in [0.25, 0.3) is 0 Å². The topological polar surface area (TPSA) is 69.7 Å². The van der Waals surface area contributed by atoms with Gasteiger partial charge in [-0.05, 0) is 48.4 Å². The Hall–Kier alpha value is -3.14. The smallest absolute Gasteiger partial charge is 0.382 e. The Morgan fingerprint density at radius 3 is 2.71 bits per heavy atom. The summed E-state index contributed by atoms with van der Waals surface area (Å²) in [6.45, 7) is 1.74. The maximum atomic E-state index is 12.9. The summed E-state index contributed by atoms with van der Waals surface area (Å²) in [5.41, 5.74) is 3.53. The number of benzene rings is 1. The SMILES string of the molecule is FC(F)(F)Cc1cc2c(N3CCC4(CC(Nc5ccc(-c6cn[nH]c6)cc5)C4)C3)ncnc2s1. The van der Waals surface area contributed by atoms with Gasteiger partial charge in [-0.25, -0.2) is 9.97 Å². The first-order valence-electron chi connectivity index (χ1n) is 11.3. The standard InChI is InChI=1S/C24H23F3N6S/c25-24(26,27)10-19-7-20-21(28-14-29-22(20)34-19)33-6-5-23(13-33)8-18(9-23)32-17-3-1-15(2-4-17)16-11-30-31-12-16/h1-4,7,11-12,14,18,32H,5-6,8-10,13H2,(H,30,31). The average molecular weight is 485 g/mol. The van der Waals surface area contributed by atoms with E-state index in [9.17, 15) is 13.2 Å². The minimum Gasteiger partial charge on any atom is -0.382 e. The molecule has 0 unspecified atom stereocenters. The Morgan fingerprint density at radius 2 is 1.97 bits per heavy atom. The van der Waals surface area contributed by atoms with Gasteiger partial charge >= 0.3 is 6.18 Å². The first kappa shape index (κ1) is 21.4. The first-order chi connectivity index (χ1) is 16.4. The molecule has 1 saturated heterocycles. The Labute approximate surface area is 198 Å². The molecular weight excluding hydrogens is 461 g/mol. The molecule has 4 heterocycles. The molecular formula is C24H23F3N6S. The molecule has 1 saturated carbocycles. The number of nitrogens with zero attached hydrogens (tertiary/aromatic N) is 4. The lowest BCUT2D eigenvalue weighted by Gasteiger charge is -2.46. The van der Waals surface area contributed by atoms with Crippen molar-refractivity contribution in [2.45, 2.75) is 37.9 Å². The number of hydrogen-bond donors (Lipinski definition) is 2. The zero-order valence-electron chi connectivity index (χ0n) is 18.3. The van der Waals surface area contributed by atoms with Crippen molar-refractivity contribution in [2.24, 2.45) is 5.41 Å². The van der Waals surface area contributed by atoms with Crippen LogP contribution in [0.1, 0.15) is 24.1 Å². The summed E-state index contributed by atoms with van der Waals surface area (Å²) in [6, 6.07) is 10.4. The van der Waals surface area contributed by atoms with E-state index in [2.05, 4.69) is 54.6 Å². The number of aromatic amines is 1. The number of hydrogen-bond acceptors (Lipinski definition) is 6. The van der Waals surface area contributed by atoms with Crippen molar-refractivity contribution >= 4 is 33.1 Å². The summed E-state index contributed by atoms with van der Waals surface area (Å²) in [5, 5.41) is 11.2. The van der Waals surface area contributed by atoms with Crippen LogP contribution in [-0.2, 0) is 6.42 Å². The van der Waals surface area contributed by atoms with Gasteiger partial charge in [0.05, 0.1) is 18.0 Å². The van der Waals surface area contributed by atoms with Crippen LogP contribution in [0.3, 0.4) is 0 Å². The highest BCUT2D eigenvalue weighted by atomic mass is 32.1. The van der Waals surface area contributed by atoms with Crippen LogP contribution in [0.25, 0.3) is 21.3 Å². The maximum absolute atomic E-state index is 12.9. The number of nitrogens with one attached hydrogen (secondary N) is 2. The second-order valence-electron chi connectivity index (χ2n) is 9.41. The van der Waals surface area contributed by atoms with Gasteiger partial charge in [-0.15, -0.1) is 11.3 Å². The fourth-order valence-corrected chi connectivity index (χ4v) is 6.39. The molecule has 1 aliphatic heterocycles. The molecule has 2 N–H and O–H groups in total. The molecule has 0 radical (unpaired) electrons. The molecule has 0 amide bonds. The number of fused-ring (bicyclic) bond motifs is 1. The van der Waals surface area contributed by atoms with E-state index in [0.29, 0.717) is 10.9 Å². The van der Waals surface area contributed by atoms with Gasteiger partial charge in [0.15, 0.2) is 0 Å². The molecule has 2 fully saturated rings. The van der Waals surface area contributed by atoms with E-state index >= 15 is 0 Å². The number of anilines is 2. The molecule has 4 aromatic rings. The summed E-state index contributed by atoms with van der Waals surface area (Å²) >= 11 is 1.11. The monoisotopic (exact) mass is 484 g/mol. The summed E-state index contributed by atoms with van der Waals surface area (Å²) in [4.78, 5) is 11.8. The minimum absolute atomic E-state index is 0.233. The number of H-pyrrole nitrogens is 1. The van der Waals surface area contributed by atoms with Crippen molar-refractivity contribution in [1.29, 1.82) is 0 Å². The van der Waals surface area contributed by atoms with Crippen molar-refractivity contribution in [3.8, 4) is 11.1 Å². The Bertz CT molecular complexity index is 1290. The number of halogens is 3. The normalized spacial score (nSPS) is 22.4. The van der Waals surface area contributed by atoms with Gasteiger partial charge in [0.2, 0.25) is 0 Å². The summed E-state index contributed by atoms with van der Waals surface area (Å²) in [5.74, 6) is 0.762. The van der Waals surface area contributed by atoms with Gasteiger partial charge in [0, 0.05) is 41.5 Å². The van der Waals surface area contributed by atoms with Crippen molar-refractivity contribution in [3.63, 3.8) is 0 Å². The molecule has 1 aliphatic carbocycles. The van der Waals surface area contributed by atoms with Crippen LogP contribution >= 0.6 is 11.3 Å². The van der Waals surface area contributed by atoms with Crippen LogP contribution < -0.4 is 10.2 Å². The third-order valence-electron chi connectivity index (χ3n) is 6.92. The minimum atomic E-state index is -4.22. The summed E-state index contributed by atoms with van der Waals surface area (Å²) < 4.78 is 38.6. The fraction of sp³-hybridized carbons (Fsp3) is 0.375. The van der Waals surface area contributed by atoms with Gasteiger partial charge in [0.1, 0.15) is 17.0 Å². The number of alkyl halides is 3. The van der Waals surface area contributed by atoms with Gasteiger partial charge in [-0.3, -0.25) is 5.10 Å². The van der Waals surface area contributed by atoms with Crippen LogP contribution in [0.15, 0.2) is 49.1 Å². The molecule has 6 rings (SSSR count). The summed E-state index contributed by atoms with van der Waals surface area (Å²) in [7, 11) is 0. The number of rotatable bonds is 5. The van der Waals surface area contributed by atoms with Crippen LogP contribution in [0, 0.1) is 5.41 Å². The fourth-order valence-electron chi connectivity index (χ4n) is 5.37. The van der Waals surface area contributed by atoms with E-state index < -0.39 is 12.6 Å². The third kappa shape index (κ3) is 4.11. The molecule has 10 heteroatoms. The van der Waals surface area contributed by atoms with Crippen molar-refractivity contribution in [2.75, 3.05) is 23.3 Å². The predicted molar refractivity (Wildman–Crippen MR) is 127 cm³/mol. The maximum Gasteiger partial charge on any atom is 0.393 e. The third-order valence-corrected chi connectivity index (χ3v) is 7.96. The molecule has 0 atom stereocenters. The second kappa shape index (κ2) is 7.97. The number of aromatic nitrogens is 4.